The highest BCUT2D eigenvalue weighted by atomic mass is 35.5. The van der Waals surface area contributed by atoms with Gasteiger partial charge in [-0.25, -0.2) is 9.97 Å². The summed E-state index contributed by atoms with van der Waals surface area (Å²) in [7, 11) is 0. The van der Waals surface area contributed by atoms with E-state index in [0.29, 0.717) is 27.9 Å². The molecule has 0 unspecified atom stereocenters. The van der Waals surface area contributed by atoms with E-state index < -0.39 is 0 Å². The molecule has 27 heavy (non-hydrogen) atoms. The Bertz CT molecular complexity index is 959. The second kappa shape index (κ2) is 8.29. The van der Waals surface area contributed by atoms with E-state index in [4.69, 9.17) is 11.6 Å². The topological polar surface area (TPSA) is 96.0 Å². The van der Waals surface area contributed by atoms with E-state index in [1.54, 1.807) is 48.5 Å². The van der Waals surface area contributed by atoms with Crippen molar-refractivity contribution < 1.29 is 9.59 Å². The average molecular weight is 382 g/mol. The molecule has 2 amide bonds. The molecule has 7 nitrogen and oxygen atoms in total. The standard InChI is InChI=1S/C19H16ClN5O2/c1-12(26)23-16-3-2-4-17(9-16)24-18(27)13-10-21-19(22-11-13)25-15-7-5-14(20)6-8-15/h2-11H,1H3,(H,23,26)(H,24,27)(H,21,22,25). The molecular formula is C19H16ClN5O2. The van der Waals surface area contributed by atoms with Gasteiger partial charge in [-0.2, -0.15) is 0 Å². The molecular weight excluding hydrogens is 366 g/mol. The van der Waals surface area contributed by atoms with Crippen molar-refractivity contribution in [2.45, 2.75) is 6.92 Å². The van der Waals surface area contributed by atoms with E-state index in [1.165, 1.54) is 19.3 Å². The lowest BCUT2D eigenvalue weighted by Gasteiger charge is -2.08. The molecule has 0 saturated carbocycles. The number of carbonyl (C=O) groups is 2. The lowest BCUT2D eigenvalue weighted by Crippen LogP contribution is -2.13. The first kappa shape index (κ1) is 18.3. The van der Waals surface area contributed by atoms with E-state index in [2.05, 4.69) is 25.9 Å². The Labute approximate surface area is 160 Å². The van der Waals surface area contributed by atoms with Crippen molar-refractivity contribution in [1.82, 2.24) is 9.97 Å². The van der Waals surface area contributed by atoms with Crippen LogP contribution in [0.3, 0.4) is 0 Å². The summed E-state index contributed by atoms with van der Waals surface area (Å²) in [5.41, 5.74) is 2.24. The molecule has 0 aliphatic heterocycles. The van der Waals surface area contributed by atoms with Crippen LogP contribution in [0.4, 0.5) is 23.0 Å². The van der Waals surface area contributed by atoms with Gasteiger partial charge in [0.2, 0.25) is 11.9 Å². The zero-order chi connectivity index (χ0) is 19.2. The second-order valence-electron chi connectivity index (χ2n) is 5.64. The average Bonchev–Trinajstić information content (AvgIpc) is 2.64. The summed E-state index contributed by atoms with van der Waals surface area (Å²) in [6, 6.07) is 14.0. The number of carbonyl (C=O) groups excluding carboxylic acids is 2. The van der Waals surface area contributed by atoms with Gasteiger partial charge in [0.1, 0.15) is 0 Å². The Kier molecular flexibility index (Phi) is 5.63. The molecule has 0 bridgehead atoms. The van der Waals surface area contributed by atoms with Crippen LogP contribution in [0.1, 0.15) is 17.3 Å². The third-order valence-electron chi connectivity index (χ3n) is 3.46. The molecule has 0 aliphatic carbocycles. The summed E-state index contributed by atoms with van der Waals surface area (Å²) < 4.78 is 0. The number of amides is 2. The Balaban J connectivity index is 1.65. The van der Waals surface area contributed by atoms with Crippen molar-refractivity contribution in [2.24, 2.45) is 0 Å². The number of aromatic nitrogens is 2. The molecule has 0 aliphatic rings. The number of rotatable bonds is 5. The van der Waals surface area contributed by atoms with E-state index in [-0.39, 0.29) is 11.8 Å². The van der Waals surface area contributed by atoms with Gasteiger partial charge in [0, 0.05) is 41.4 Å². The maximum Gasteiger partial charge on any atom is 0.258 e. The van der Waals surface area contributed by atoms with Crippen LogP contribution in [-0.2, 0) is 4.79 Å². The number of hydrogen-bond acceptors (Lipinski definition) is 5. The lowest BCUT2D eigenvalue weighted by molar-refractivity contribution is -0.114. The number of benzene rings is 2. The summed E-state index contributed by atoms with van der Waals surface area (Å²) in [5, 5.41) is 9.06. The van der Waals surface area contributed by atoms with Gasteiger partial charge in [0.05, 0.1) is 5.56 Å². The predicted molar refractivity (Wildman–Crippen MR) is 105 cm³/mol. The molecule has 3 N–H and O–H groups in total. The Morgan fingerprint density at radius 1 is 0.889 bits per heavy atom. The van der Waals surface area contributed by atoms with Crippen LogP contribution in [0.5, 0.6) is 0 Å². The van der Waals surface area contributed by atoms with Crippen molar-refractivity contribution in [3.8, 4) is 0 Å². The van der Waals surface area contributed by atoms with Gasteiger partial charge >= 0.3 is 0 Å². The molecule has 3 rings (SSSR count). The van der Waals surface area contributed by atoms with E-state index in [0.717, 1.165) is 5.69 Å². The Hall–Kier alpha value is -3.45. The molecule has 0 atom stereocenters. The Morgan fingerprint density at radius 3 is 2.15 bits per heavy atom. The largest absolute Gasteiger partial charge is 0.326 e. The predicted octanol–water partition coefficient (Wildman–Crippen LogP) is 4.08. The monoisotopic (exact) mass is 381 g/mol. The first-order valence-corrected chi connectivity index (χ1v) is 8.41. The van der Waals surface area contributed by atoms with Gasteiger partial charge in [-0.15, -0.1) is 0 Å². The second-order valence-corrected chi connectivity index (χ2v) is 6.08. The molecule has 136 valence electrons. The van der Waals surface area contributed by atoms with Gasteiger partial charge in [0.25, 0.3) is 5.91 Å². The highest BCUT2D eigenvalue weighted by molar-refractivity contribution is 6.30. The van der Waals surface area contributed by atoms with Crippen molar-refractivity contribution in [3.05, 3.63) is 71.5 Å². The fourth-order valence-electron chi connectivity index (χ4n) is 2.25. The van der Waals surface area contributed by atoms with Crippen molar-refractivity contribution in [2.75, 3.05) is 16.0 Å². The SMILES string of the molecule is CC(=O)Nc1cccc(NC(=O)c2cnc(Nc3ccc(Cl)cc3)nc2)c1. The number of anilines is 4. The molecule has 1 heterocycles. The van der Waals surface area contributed by atoms with Gasteiger partial charge in [0.15, 0.2) is 0 Å². The van der Waals surface area contributed by atoms with Gasteiger partial charge in [-0.1, -0.05) is 17.7 Å². The van der Waals surface area contributed by atoms with Gasteiger partial charge < -0.3 is 16.0 Å². The fraction of sp³-hybridized carbons (Fsp3) is 0.0526. The van der Waals surface area contributed by atoms with Crippen LogP contribution in [0, 0.1) is 0 Å². The van der Waals surface area contributed by atoms with E-state index in [9.17, 15) is 9.59 Å². The zero-order valence-corrected chi connectivity index (χ0v) is 15.1. The maximum absolute atomic E-state index is 12.3. The third-order valence-corrected chi connectivity index (χ3v) is 3.71. The maximum atomic E-state index is 12.3. The first-order chi connectivity index (χ1) is 13.0. The van der Waals surface area contributed by atoms with Gasteiger partial charge in [-0.05, 0) is 42.5 Å². The molecule has 0 saturated heterocycles. The highest BCUT2D eigenvalue weighted by Crippen LogP contribution is 2.18. The molecule has 1 aromatic heterocycles. The van der Waals surface area contributed by atoms with Crippen molar-refractivity contribution in [1.29, 1.82) is 0 Å². The van der Waals surface area contributed by atoms with Crippen molar-refractivity contribution in [3.63, 3.8) is 0 Å². The quantitative estimate of drug-likeness (QED) is 0.618. The minimum absolute atomic E-state index is 0.185. The third kappa shape index (κ3) is 5.26. The highest BCUT2D eigenvalue weighted by Gasteiger charge is 2.09. The molecule has 0 fully saturated rings. The number of hydrogen-bond donors (Lipinski definition) is 3. The van der Waals surface area contributed by atoms with E-state index in [1.807, 2.05) is 0 Å². The summed E-state index contributed by atoms with van der Waals surface area (Å²) in [4.78, 5) is 31.7. The van der Waals surface area contributed by atoms with E-state index >= 15 is 0 Å². The van der Waals surface area contributed by atoms with Crippen LogP contribution in [0.25, 0.3) is 0 Å². The molecule has 8 heteroatoms. The molecule has 3 aromatic rings. The fourth-order valence-corrected chi connectivity index (χ4v) is 2.38. The minimum atomic E-state index is -0.354. The lowest BCUT2D eigenvalue weighted by atomic mass is 10.2. The van der Waals surface area contributed by atoms with Crippen LogP contribution in [0.15, 0.2) is 60.9 Å². The first-order valence-electron chi connectivity index (χ1n) is 8.03. The molecule has 2 aromatic carbocycles. The number of nitrogens with one attached hydrogen (secondary N) is 3. The molecule has 0 radical (unpaired) electrons. The van der Waals surface area contributed by atoms with Crippen molar-refractivity contribution >= 4 is 46.4 Å². The summed E-state index contributed by atoms with van der Waals surface area (Å²) in [5.74, 6) is -0.176. The number of nitrogens with zero attached hydrogens (tertiary/aromatic N) is 2. The summed E-state index contributed by atoms with van der Waals surface area (Å²) >= 11 is 5.85. The Morgan fingerprint density at radius 2 is 1.52 bits per heavy atom. The smallest absolute Gasteiger partial charge is 0.258 e. The van der Waals surface area contributed by atoms with Crippen LogP contribution in [-0.4, -0.2) is 21.8 Å². The van der Waals surface area contributed by atoms with Crippen LogP contribution in [0.2, 0.25) is 5.02 Å². The minimum Gasteiger partial charge on any atom is -0.326 e. The number of halogens is 1. The zero-order valence-electron chi connectivity index (χ0n) is 14.4. The van der Waals surface area contributed by atoms with Gasteiger partial charge in [-0.3, -0.25) is 9.59 Å². The molecule has 0 spiro atoms. The summed E-state index contributed by atoms with van der Waals surface area (Å²) in [6.45, 7) is 1.42. The van der Waals surface area contributed by atoms with Crippen LogP contribution >= 0.6 is 11.6 Å². The normalized spacial score (nSPS) is 10.1. The summed E-state index contributed by atoms with van der Waals surface area (Å²) in [6.07, 6.45) is 2.86. The van der Waals surface area contributed by atoms with Crippen LogP contribution < -0.4 is 16.0 Å².